The first kappa shape index (κ1) is 24.2. The molecule has 0 N–H and O–H groups in total. The van der Waals surface area contributed by atoms with Crippen LogP contribution in [0.3, 0.4) is 0 Å². The smallest absolute Gasteiger partial charge is 0.374 e. The molecule has 0 atom stereocenters. The van der Waals surface area contributed by atoms with Gasteiger partial charge in [0.25, 0.3) is 10.0 Å². The minimum Gasteiger partial charge on any atom is -0.497 e. The van der Waals surface area contributed by atoms with E-state index in [2.05, 4.69) is 0 Å². The molecule has 0 saturated carbocycles. The van der Waals surface area contributed by atoms with Crippen LogP contribution in [0.1, 0.15) is 17.5 Å². The number of methoxy groups -OCH3 is 1. The maximum absolute atomic E-state index is 12.8. The van der Waals surface area contributed by atoms with Gasteiger partial charge in [-0.15, -0.1) is 0 Å². The SMILES string of the molecule is CCOC(=O)c1ccc(S(=O)(=O)N2CCN(CCS(=O)(=O)c3cccc(OC)c3)CC2)o1. The quantitative estimate of drug-likeness (QED) is 0.482. The molecule has 1 fully saturated rings. The van der Waals surface area contributed by atoms with Crippen molar-refractivity contribution in [2.45, 2.75) is 16.9 Å². The lowest BCUT2D eigenvalue weighted by Gasteiger charge is -2.33. The molecule has 0 aliphatic carbocycles. The topological polar surface area (TPSA) is 123 Å². The summed E-state index contributed by atoms with van der Waals surface area (Å²) in [5, 5.41) is -0.324. The molecule has 2 aromatic rings. The van der Waals surface area contributed by atoms with Gasteiger partial charge in [-0.25, -0.2) is 21.6 Å². The molecular formula is C20H26N2O8S2. The van der Waals surface area contributed by atoms with Crippen LogP contribution in [-0.4, -0.2) is 84.2 Å². The molecule has 0 spiro atoms. The molecule has 1 aliphatic rings. The molecule has 176 valence electrons. The van der Waals surface area contributed by atoms with Crippen LogP contribution in [-0.2, 0) is 24.6 Å². The normalized spacial score (nSPS) is 16.1. The maximum atomic E-state index is 12.8. The van der Waals surface area contributed by atoms with E-state index in [0.29, 0.717) is 18.8 Å². The third-order valence-corrected chi connectivity index (χ3v) is 8.53. The fraction of sp³-hybridized carbons (Fsp3) is 0.450. The highest BCUT2D eigenvalue weighted by Crippen LogP contribution is 2.22. The zero-order chi connectivity index (χ0) is 23.4. The van der Waals surface area contributed by atoms with E-state index in [9.17, 15) is 21.6 Å². The Morgan fingerprint density at radius 1 is 1.06 bits per heavy atom. The highest BCUT2D eigenvalue weighted by Gasteiger charge is 2.32. The highest BCUT2D eigenvalue weighted by atomic mass is 32.2. The molecule has 2 heterocycles. The van der Waals surface area contributed by atoms with Gasteiger partial charge >= 0.3 is 5.97 Å². The summed E-state index contributed by atoms with van der Waals surface area (Å²) in [7, 11) is -5.93. The average molecular weight is 487 g/mol. The Bertz CT molecular complexity index is 1150. The first-order valence-corrected chi connectivity index (χ1v) is 13.1. The lowest BCUT2D eigenvalue weighted by atomic mass is 10.3. The zero-order valence-corrected chi connectivity index (χ0v) is 19.5. The molecule has 0 bridgehead atoms. The lowest BCUT2D eigenvalue weighted by molar-refractivity contribution is 0.0483. The molecule has 32 heavy (non-hydrogen) atoms. The molecule has 1 aromatic carbocycles. The van der Waals surface area contributed by atoms with Gasteiger partial charge in [-0.1, -0.05) is 6.07 Å². The van der Waals surface area contributed by atoms with Crippen molar-refractivity contribution < 1.29 is 35.5 Å². The monoisotopic (exact) mass is 486 g/mol. The maximum Gasteiger partial charge on any atom is 0.374 e. The van der Waals surface area contributed by atoms with Crippen molar-refractivity contribution in [2.75, 3.05) is 52.2 Å². The van der Waals surface area contributed by atoms with Crippen molar-refractivity contribution in [3.05, 3.63) is 42.2 Å². The standard InChI is InChI=1S/C20H26N2O8S2/c1-3-29-20(23)18-7-8-19(30-18)32(26,27)22-11-9-21(10-12-22)13-14-31(24,25)17-6-4-5-16(15-17)28-2/h4-8,15H,3,9-14H2,1-2H3. The number of rotatable bonds is 9. The summed E-state index contributed by atoms with van der Waals surface area (Å²) in [6.07, 6.45) is 0. The summed E-state index contributed by atoms with van der Waals surface area (Å²) in [6, 6.07) is 8.80. The van der Waals surface area contributed by atoms with Crippen LogP contribution in [0, 0.1) is 0 Å². The van der Waals surface area contributed by atoms with Crippen molar-refractivity contribution in [1.82, 2.24) is 9.21 Å². The molecular weight excluding hydrogens is 460 g/mol. The number of furan rings is 1. The fourth-order valence-electron chi connectivity index (χ4n) is 3.25. The second kappa shape index (κ2) is 10.0. The van der Waals surface area contributed by atoms with Crippen LogP contribution in [0.4, 0.5) is 0 Å². The largest absolute Gasteiger partial charge is 0.497 e. The molecule has 0 amide bonds. The first-order chi connectivity index (χ1) is 15.2. The minimum absolute atomic E-state index is 0.0893. The molecule has 0 unspecified atom stereocenters. The third kappa shape index (κ3) is 5.49. The van der Waals surface area contributed by atoms with Gasteiger partial charge in [0.05, 0.1) is 24.4 Å². The number of carbonyl (C=O) groups excluding carboxylic acids is 1. The van der Waals surface area contributed by atoms with Gasteiger partial charge in [0.15, 0.2) is 9.84 Å². The van der Waals surface area contributed by atoms with E-state index in [0.717, 1.165) is 0 Å². The van der Waals surface area contributed by atoms with E-state index in [-0.39, 0.29) is 47.7 Å². The van der Waals surface area contributed by atoms with Crippen LogP contribution in [0.5, 0.6) is 5.75 Å². The number of sulfonamides is 1. The Hall–Kier alpha value is -2.41. The number of ether oxygens (including phenoxy) is 2. The molecule has 10 nitrogen and oxygen atoms in total. The number of nitrogens with zero attached hydrogens (tertiary/aromatic N) is 2. The van der Waals surface area contributed by atoms with Gasteiger partial charge in [-0.3, -0.25) is 4.90 Å². The van der Waals surface area contributed by atoms with E-state index in [1.807, 2.05) is 4.90 Å². The average Bonchev–Trinajstić information content (AvgIpc) is 3.30. The number of esters is 1. The van der Waals surface area contributed by atoms with Crippen LogP contribution in [0.25, 0.3) is 0 Å². The Balaban J connectivity index is 1.57. The summed E-state index contributed by atoms with van der Waals surface area (Å²) in [5.74, 6) is -0.523. The zero-order valence-electron chi connectivity index (χ0n) is 17.9. The first-order valence-electron chi connectivity index (χ1n) is 10.0. The van der Waals surface area contributed by atoms with Gasteiger partial charge < -0.3 is 13.9 Å². The van der Waals surface area contributed by atoms with Crippen molar-refractivity contribution in [3.63, 3.8) is 0 Å². The van der Waals surface area contributed by atoms with Crippen LogP contribution >= 0.6 is 0 Å². The van der Waals surface area contributed by atoms with Gasteiger partial charge in [0.1, 0.15) is 5.75 Å². The molecule has 0 radical (unpaired) electrons. The van der Waals surface area contributed by atoms with Crippen LogP contribution < -0.4 is 4.74 Å². The van der Waals surface area contributed by atoms with Crippen molar-refractivity contribution in [3.8, 4) is 5.75 Å². The lowest BCUT2D eigenvalue weighted by Crippen LogP contribution is -2.49. The number of hydrogen-bond donors (Lipinski definition) is 0. The van der Waals surface area contributed by atoms with E-state index >= 15 is 0 Å². The number of benzene rings is 1. The fourth-order valence-corrected chi connectivity index (χ4v) is 5.90. The number of sulfone groups is 1. The number of carbonyl (C=O) groups is 1. The van der Waals surface area contributed by atoms with E-state index in [4.69, 9.17) is 13.9 Å². The van der Waals surface area contributed by atoms with E-state index < -0.39 is 25.8 Å². The Morgan fingerprint density at radius 3 is 2.44 bits per heavy atom. The van der Waals surface area contributed by atoms with Gasteiger partial charge in [-0.2, -0.15) is 4.31 Å². The third-order valence-electron chi connectivity index (χ3n) is 5.06. The molecule has 1 aromatic heterocycles. The summed E-state index contributed by atoms with van der Waals surface area (Å²) in [4.78, 5) is 13.8. The summed E-state index contributed by atoms with van der Waals surface area (Å²) in [6.45, 7) is 3.17. The minimum atomic E-state index is -3.91. The predicted molar refractivity (Wildman–Crippen MR) is 115 cm³/mol. The van der Waals surface area contributed by atoms with Crippen molar-refractivity contribution in [1.29, 1.82) is 0 Å². The second-order valence-corrected chi connectivity index (χ2v) is 11.1. The van der Waals surface area contributed by atoms with Crippen molar-refractivity contribution in [2.24, 2.45) is 0 Å². The predicted octanol–water partition coefficient (Wildman–Crippen LogP) is 1.25. The Kier molecular flexibility index (Phi) is 7.59. The summed E-state index contributed by atoms with van der Waals surface area (Å²) >= 11 is 0. The summed E-state index contributed by atoms with van der Waals surface area (Å²) in [5.41, 5.74) is 0. The molecule has 12 heteroatoms. The van der Waals surface area contributed by atoms with E-state index in [1.54, 1.807) is 19.1 Å². The highest BCUT2D eigenvalue weighted by molar-refractivity contribution is 7.91. The summed E-state index contributed by atoms with van der Waals surface area (Å²) < 4.78 is 67.2. The van der Waals surface area contributed by atoms with E-state index in [1.165, 1.54) is 35.7 Å². The molecule has 1 saturated heterocycles. The second-order valence-electron chi connectivity index (χ2n) is 7.08. The molecule has 1 aliphatic heterocycles. The van der Waals surface area contributed by atoms with Gasteiger partial charge in [-0.05, 0) is 37.3 Å². The molecule has 3 rings (SSSR count). The van der Waals surface area contributed by atoms with Crippen molar-refractivity contribution >= 4 is 25.8 Å². The Labute approximate surface area is 187 Å². The number of hydrogen-bond acceptors (Lipinski definition) is 9. The Morgan fingerprint density at radius 2 is 1.78 bits per heavy atom. The van der Waals surface area contributed by atoms with Crippen LogP contribution in [0.15, 0.2) is 50.8 Å². The van der Waals surface area contributed by atoms with Gasteiger partial charge in [0.2, 0.25) is 10.9 Å². The van der Waals surface area contributed by atoms with Crippen LogP contribution in [0.2, 0.25) is 0 Å². The van der Waals surface area contributed by atoms with Gasteiger partial charge in [0, 0.05) is 32.7 Å². The number of piperazine rings is 1.